The number of nitrogens with one attached hydrogen (secondary N) is 2. The summed E-state index contributed by atoms with van der Waals surface area (Å²) >= 11 is 0. The summed E-state index contributed by atoms with van der Waals surface area (Å²) in [6.07, 6.45) is 1.28. The Kier molecular flexibility index (Phi) is 7.34. The molecule has 9 heteroatoms. The van der Waals surface area contributed by atoms with E-state index in [0.29, 0.717) is 36.9 Å². The third-order valence-electron chi connectivity index (χ3n) is 3.84. The molecule has 0 spiro atoms. The largest absolute Gasteiger partial charge is 0.454 e. The average Bonchev–Trinajstić information content (AvgIpc) is 3.26. The van der Waals surface area contributed by atoms with Gasteiger partial charge in [0.05, 0.1) is 6.54 Å². The number of carbonyl (C=O) groups is 2. The summed E-state index contributed by atoms with van der Waals surface area (Å²) in [4.78, 5) is 30.0. The van der Waals surface area contributed by atoms with Gasteiger partial charge in [-0.25, -0.2) is 0 Å². The molecule has 2 aromatic rings. The first-order chi connectivity index (χ1) is 12.5. The average molecular weight is 363 g/mol. The summed E-state index contributed by atoms with van der Waals surface area (Å²) in [7, 11) is 0. The number of amides is 2. The van der Waals surface area contributed by atoms with Crippen molar-refractivity contribution in [3.05, 3.63) is 35.4 Å². The van der Waals surface area contributed by atoms with E-state index in [2.05, 4.69) is 39.7 Å². The van der Waals surface area contributed by atoms with Crippen LogP contribution in [0.2, 0.25) is 0 Å². The standard InChI is InChI=1S/C17H25N5O4/c1-4-22(5-2)11-13-9-10-14(25-13)17(24)20-19-15(23)7-6-8-16-18-12(3)21-26-16/h9-10H,4-8,11H2,1-3H3,(H,19,23)(H,20,24). The molecule has 2 amide bonds. The summed E-state index contributed by atoms with van der Waals surface area (Å²) in [5.41, 5.74) is 4.72. The highest BCUT2D eigenvalue weighted by atomic mass is 16.5. The lowest BCUT2D eigenvalue weighted by Gasteiger charge is -2.15. The number of furan rings is 1. The molecule has 0 unspecified atom stereocenters. The summed E-state index contributed by atoms with van der Waals surface area (Å²) in [6.45, 7) is 8.30. The molecule has 0 saturated heterocycles. The predicted molar refractivity (Wildman–Crippen MR) is 92.9 cm³/mol. The zero-order valence-corrected chi connectivity index (χ0v) is 15.4. The Hall–Kier alpha value is -2.68. The molecule has 0 atom stereocenters. The van der Waals surface area contributed by atoms with E-state index in [0.717, 1.165) is 13.1 Å². The van der Waals surface area contributed by atoms with Crippen LogP contribution in [0.3, 0.4) is 0 Å². The molecule has 0 aliphatic heterocycles. The molecule has 0 aliphatic carbocycles. The first-order valence-corrected chi connectivity index (χ1v) is 8.71. The lowest BCUT2D eigenvalue weighted by atomic mass is 10.2. The van der Waals surface area contributed by atoms with Crippen LogP contribution in [0.4, 0.5) is 0 Å². The molecule has 2 rings (SSSR count). The van der Waals surface area contributed by atoms with Crippen molar-refractivity contribution >= 4 is 11.8 Å². The number of hydrogen-bond donors (Lipinski definition) is 2. The third kappa shape index (κ3) is 5.99. The molecule has 0 aromatic carbocycles. The first kappa shape index (κ1) is 19.6. The Bertz CT molecular complexity index is 720. The van der Waals surface area contributed by atoms with Gasteiger partial charge in [0.2, 0.25) is 11.8 Å². The van der Waals surface area contributed by atoms with Crippen molar-refractivity contribution in [1.29, 1.82) is 0 Å². The van der Waals surface area contributed by atoms with E-state index >= 15 is 0 Å². The van der Waals surface area contributed by atoms with E-state index < -0.39 is 5.91 Å². The van der Waals surface area contributed by atoms with E-state index in [-0.39, 0.29) is 18.1 Å². The Labute approximate surface area is 152 Å². The normalized spacial score (nSPS) is 10.9. The van der Waals surface area contributed by atoms with Gasteiger partial charge in [0, 0.05) is 12.8 Å². The van der Waals surface area contributed by atoms with Crippen LogP contribution in [-0.4, -0.2) is 39.9 Å². The molecular formula is C17H25N5O4. The van der Waals surface area contributed by atoms with Gasteiger partial charge >= 0.3 is 5.91 Å². The maximum atomic E-state index is 12.0. The number of hydrogen-bond acceptors (Lipinski definition) is 7. The quantitative estimate of drug-likeness (QED) is 0.650. The van der Waals surface area contributed by atoms with Gasteiger partial charge in [-0.05, 0) is 38.6 Å². The van der Waals surface area contributed by atoms with Gasteiger partial charge in [-0.2, -0.15) is 4.98 Å². The van der Waals surface area contributed by atoms with Crippen molar-refractivity contribution in [2.24, 2.45) is 0 Å². The Morgan fingerprint density at radius 2 is 1.96 bits per heavy atom. The van der Waals surface area contributed by atoms with Crippen molar-refractivity contribution in [2.75, 3.05) is 13.1 Å². The molecule has 2 N–H and O–H groups in total. The van der Waals surface area contributed by atoms with Gasteiger partial charge in [-0.3, -0.25) is 25.3 Å². The Morgan fingerprint density at radius 1 is 1.19 bits per heavy atom. The van der Waals surface area contributed by atoms with Crippen LogP contribution in [0.25, 0.3) is 0 Å². The van der Waals surface area contributed by atoms with Gasteiger partial charge in [-0.1, -0.05) is 19.0 Å². The lowest BCUT2D eigenvalue weighted by Crippen LogP contribution is -2.41. The van der Waals surface area contributed by atoms with Gasteiger partial charge in [0.15, 0.2) is 11.6 Å². The summed E-state index contributed by atoms with van der Waals surface area (Å²) in [5.74, 6) is 1.14. The van der Waals surface area contributed by atoms with E-state index in [1.54, 1.807) is 19.1 Å². The molecule has 0 aliphatic rings. The van der Waals surface area contributed by atoms with Crippen LogP contribution in [0, 0.1) is 6.92 Å². The first-order valence-electron chi connectivity index (χ1n) is 8.71. The summed E-state index contributed by atoms with van der Waals surface area (Å²) < 4.78 is 10.5. The van der Waals surface area contributed by atoms with Crippen LogP contribution in [0.15, 0.2) is 21.1 Å². The number of aromatic nitrogens is 2. The van der Waals surface area contributed by atoms with E-state index in [1.807, 2.05) is 0 Å². The van der Waals surface area contributed by atoms with Crippen molar-refractivity contribution in [3.8, 4) is 0 Å². The van der Waals surface area contributed by atoms with Crippen LogP contribution in [0.5, 0.6) is 0 Å². The number of hydrazine groups is 1. The number of aryl methyl sites for hydroxylation is 2. The molecular weight excluding hydrogens is 338 g/mol. The zero-order valence-electron chi connectivity index (χ0n) is 15.4. The molecule has 0 bridgehead atoms. The van der Waals surface area contributed by atoms with Crippen molar-refractivity contribution < 1.29 is 18.5 Å². The lowest BCUT2D eigenvalue weighted by molar-refractivity contribution is -0.121. The second-order valence-electron chi connectivity index (χ2n) is 5.82. The number of carbonyl (C=O) groups excluding carboxylic acids is 2. The molecule has 0 fully saturated rings. The van der Waals surface area contributed by atoms with Gasteiger partial charge < -0.3 is 8.94 Å². The topological polar surface area (TPSA) is 114 Å². The summed E-state index contributed by atoms with van der Waals surface area (Å²) in [6, 6.07) is 3.36. The van der Waals surface area contributed by atoms with Gasteiger partial charge in [0.25, 0.3) is 0 Å². The maximum Gasteiger partial charge on any atom is 0.305 e. The zero-order chi connectivity index (χ0) is 18.9. The van der Waals surface area contributed by atoms with Gasteiger partial charge in [0.1, 0.15) is 5.76 Å². The molecule has 142 valence electrons. The van der Waals surface area contributed by atoms with E-state index in [4.69, 9.17) is 8.94 Å². The van der Waals surface area contributed by atoms with E-state index in [9.17, 15) is 9.59 Å². The molecule has 2 aromatic heterocycles. The minimum Gasteiger partial charge on any atom is -0.454 e. The SMILES string of the molecule is CCN(CC)Cc1ccc(C(=O)NNC(=O)CCCc2nc(C)no2)o1. The maximum absolute atomic E-state index is 12.0. The van der Waals surface area contributed by atoms with Crippen LogP contribution < -0.4 is 10.9 Å². The van der Waals surface area contributed by atoms with Crippen LogP contribution in [0.1, 0.15) is 54.7 Å². The second kappa shape index (κ2) is 9.71. The molecule has 0 saturated carbocycles. The van der Waals surface area contributed by atoms with Crippen LogP contribution in [-0.2, 0) is 17.8 Å². The number of rotatable bonds is 9. The second-order valence-corrected chi connectivity index (χ2v) is 5.82. The monoisotopic (exact) mass is 363 g/mol. The van der Waals surface area contributed by atoms with Gasteiger partial charge in [-0.15, -0.1) is 0 Å². The van der Waals surface area contributed by atoms with Crippen molar-refractivity contribution in [3.63, 3.8) is 0 Å². The third-order valence-corrected chi connectivity index (χ3v) is 3.84. The van der Waals surface area contributed by atoms with Crippen molar-refractivity contribution in [2.45, 2.75) is 46.6 Å². The van der Waals surface area contributed by atoms with E-state index in [1.165, 1.54) is 0 Å². The highest BCUT2D eigenvalue weighted by molar-refractivity contribution is 5.92. The predicted octanol–water partition coefficient (Wildman–Crippen LogP) is 1.60. The minimum absolute atomic E-state index is 0.161. The molecule has 0 radical (unpaired) electrons. The van der Waals surface area contributed by atoms with Crippen LogP contribution >= 0.6 is 0 Å². The molecule has 9 nitrogen and oxygen atoms in total. The fourth-order valence-electron chi connectivity index (χ4n) is 2.34. The number of nitrogens with zero attached hydrogens (tertiary/aromatic N) is 3. The highest BCUT2D eigenvalue weighted by Crippen LogP contribution is 2.10. The summed E-state index contributed by atoms with van der Waals surface area (Å²) in [5, 5.41) is 3.68. The minimum atomic E-state index is -0.489. The molecule has 26 heavy (non-hydrogen) atoms. The Morgan fingerprint density at radius 3 is 2.62 bits per heavy atom. The Balaban J connectivity index is 1.70. The van der Waals surface area contributed by atoms with Crippen molar-refractivity contribution in [1.82, 2.24) is 25.9 Å². The fourth-order valence-corrected chi connectivity index (χ4v) is 2.34. The fraction of sp³-hybridized carbons (Fsp3) is 0.529. The highest BCUT2D eigenvalue weighted by Gasteiger charge is 2.13. The smallest absolute Gasteiger partial charge is 0.305 e. The molecule has 2 heterocycles.